The molecule has 124 valence electrons. The highest BCUT2D eigenvalue weighted by Gasteiger charge is 2.26. The summed E-state index contributed by atoms with van der Waals surface area (Å²) in [5, 5.41) is 7.41. The summed E-state index contributed by atoms with van der Waals surface area (Å²) in [6, 6.07) is 4.13. The fourth-order valence-corrected chi connectivity index (χ4v) is 3.34. The lowest BCUT2D eigenvalue weighted by Crippen LogP contribution is -2.44. The Hall–Kier alpha value is -2.08. The predicted molar refractivity (Wildman–Crippen MR) is 88.0 cm³/mol. The molecule has 1 fully saturated rings. The van der Waals surface area contributed by atoms with E-state index in [9.17, 15) is 4.79 Å². The van der Waals surface area contributed by atoms with Crippen LogP contribution in [0.4, 0.5) is 0 Å². The molecule has 6 nitrogen and oxygen atoms in total. The zero-order chi connectivity index (χ0) is 16.6. The van der Waals surface area contributed by atoms with Gasteiger partial charge in [0.2, 0.25) is 0 Å². The second-order valence-electron chi connectivity index (χ2n) is 6.31. The third kappa shape index (κ3) is 2.91. The van der Waals surface area contributed by atoms with E-state index in [4.69, 9.17) is 4.52 Å². The van der Waals surface area contributed by atoms with Gasteiger partial charge in [0, 0.05) is 30.5 Å². The van der Waals surface area contributed by atoms with E-state index in [-0.39, 0.29) is 5.91 Å². The molecule has 0 aliphatic carbocycles. The fraction of sp³-hybridized carbons (Fsp3) is 0.529. The summed E-state index contributed by atoms with van der Waals surface area (Å²) in [6.45, 7) is 7.75. The molecule has 3 heterocycles. The number of hydrogen-bond donors (Lipinski definition) is 1. The van der Waals surface area contributed by atoms with E-state index in [1.165, 1.54) is 0 Å². The van der Waals surface area contributed by atoms with E-state index in [0.29, 0.717) is 6.04 Å². The number of aryl methyl sites for hydroxylation is 2. The van der Waals surface area contributed by atoms with Gasteiger partial charge in [0.25, 0.3) is 5.91 Å². The van der Waals surface area contributed by atoms with Crippen molar-refractivity contribution in [2.24, 2.45) is 0 Å². The van der Waals surface area contributed by atoms with Gasteiger partial charge in [-0.05, 0) is 52.8 Å². The van der Waals surface area contributed by atoms with E-state index in [2.05, 4.69) is 10.5 Å². The van der Waals surface area contributed by atoms with Crippen molar-refractivity contribution in [2.45, 2.75) is 39.7 Å². The van der Waals surface area contributed by atoms with Crippen LogP contribution in [0.2, 0.25) is 0 Å². The molecule has 23 heavy (non-hydrogen) atoms. The maximum Gasteiger partial charge on any atom is 0.255 e. The molecule has 0 unspecified atom stereocenters. The highest BCUT2D eigenvalue weighted by molar-refractivity contribution is 5.96. The average molecular weight is 316 g/mol. The van der Waals surface area contributed by atoms with Gasteiger partial charge in [0.05, 0.1) is 5.56 Å². The van der Waals surface area contributed by atoms with Gasteiger partial charge in [0.1, 0.15) is 5.76 Å². The molecule has 6 heteroatoms. The van der Waals surface area contributed by atoms with Gasteiger partial charge < -0.3 is 14.7 Å². The average Bonchev–Trinajstić information content (AvgIpc) is 3.09. The number of carbonyl (C=O) groups excluding carboxylic acids is 1. The SMILES string of the molecule is Cc1cc(-n2c(C)cc(C(=O)N(C)C3CCNCC3)c2C)no1. The lowest BCUT2D eigenvalue weighted by molar-refractivity contribution is 0.0702. The largest absolute Gasteiger partial charge is 0.360 e. The third-order valence-electron chi connectivity index (χ3n) is 4.68. The summed E-state index contributed by atoms with van der Waals surface area (Å²) in [7, 11) is 1.91. The molecular weight excluding hydrogens is 292 g/mol. The fourth-order valence-electron chi connectivity index (χ4n) is 3.34. The summed E-state index contributed by atoms with van der Waals surface area (Å²) in [6.07, 6.45) is 2.01. The number of nitrogens with one attached hydrogen (secondary N) is 1. The number of aromatic nitrogens is 2. The predicted octanol–water partition coefficient (Wildman–Crippen LogP) is 2.21. The van der Waals surface area contributed by atoms with Crippen LogP contribution in [0.25, 0.3) is 5.82 Å². The standard InChI is InChI=1S/C17H24N4O2/c1-11-9-15(13(3)21(11)16-10-12(2)23-19-16)17(22)20(4)14-5-7-18-8-6-14/h9-10,14,18H,5-8H2,1-4H3. The van der Waals surface area contributed by atoms with Crippen LogP contribution in [0.1, 0.15) is 40.3 Å². The van der Waals surface area contributed by atoms with Crippen molar-refractivity contribution in [1.82, 2.24) is 19.9 Å². The molecule has 1 saturated heterocycles. The van der Waals surface area contributed by atoms with Gasteiger partial charge in [-0.3, -0.25) is 9.36 Å². The Morgan fingerprint density at radius 3 is 2.61 bits per heavy atom. The first-order valence-corrected chi connectivity index (χ1v) is 8.09. The van der Waals surface area contributed by atoms with Crippen molar-refractivity contribution in [3.8, 4) is 5.82 Å². The Bertz CT molecular complexity index is 710. The van der Waals surface area contributed by atoms with E-state index >= 15 is 0 Å². The lowest BCUT2D eigenvalue weighted by Gasteiger charge is -2.31. The molecule has 0 aromatic carbocycles. The summed E-state index contributed by atoms with van der Waals surface area (Å²) in [4.78, 5) is 14.8. The molecule has 3 rings (SSSR count). The highest BCUT2D eigenvalue weighted by atomic mass is 16.5. The molecular formula is C17H24N4O2. The Morgan fingerprint density at radius 1 is 1.30 bits per heavy atom. The normalized spacial score (nSPS) is 15.8. The number of rotatable bonds is 3. The Labute approximate surface area is 136 Å². The molecule has 1 aliphatic rings. The molecule has 1 N–H and O–H groups in total. The molecule has 0 bridgehead atoms. The van der Waals surface area contributed by atoms with Crippen molar-refractivity contribution in [3.05, 3.63) is 34.8 Å². The van der Waals surface area contributed by atoms with Gasteiger partial charge in [-0.15, -0.1) is 0 Å². The van der Waals surface area contributed by atoms with Crippen LogP contribution in [0.15, 0.2) is 16.7 Å². The van der Waals surface area contributed by atoms with Crippen molar-refractivity contribution in [3.63, 3.8) is 0 Å². The van der Waals surface area contributed by atoms with Crippen LogP contribution in [0.3, 0.4) is 0 Å². The van der Waals surface area contributed by atoms with Crippen LogP contribution in [0.5, 0.6) is 0 Å². The molecule has 0 radical (unpaired) electrons. The number of amides is 1. The van der Waals surface area contributed by atoms with E-state index in [1.807, 2.05) is 49.4 Å². The molecule has 0 atom stereocenters. The van der Waals surface area contributed by atoms with Gasteiger partial charge in [0.15, 0.2) is 5.82 Å². The van der Waals surface area contributed by atoms with Crippen molar-refractivity contribution < 1.29 is 9.32 Å². The van der Waals surface area contributed by atoms with Crippen LogP contribution >= 0.6 is 0 Å². The number of piperidine rings is 1. The van der Waals surface area contributed by atoms with E-state index in [0.717, 1.165) is 54.5 Å². The van der Waals surface area contributed by atoms with Crippen LogP contribution in [-0.2, 0) is 0 Å². The van der Waals surface area contributed by atoms with Crippen LogP contribution in [-0.4, -0.2) is 46.7 Å². The Morgan fingerprint density at radius 2 is 2.00 bits per heavy atom. The molecule has 1 amide bonds. The van der Waals surface area contributed by atoms with E-state index < -0.39 is 0 Å². The minimum Gasteiger partial charge on any atom is -0.360 e. The number of nitrogens with zero attached hydrogens (tertiary/aromatic N) is 3. The van der Waals surface area contributed by atoms with Gasteiger partial charge >= 0.3 is 0 Å². The van der Waals surface area contributed by atoms with E-state index in [1.54, 1.807) is 0 Å². The van der Waals surface area contributed by atoms with Crippen molar-refractivity contribution >= 4 is 5.91 Å². The summed E-state index contributed by atoms with van der Waals surface area (Å²) in [5.74, 6) is 1.56. The minimum absolute atomic E-state index is 0.0801. The molecule has 1 aliphatic heterocycles. The first kappa shape index (κ1) is 15.8. The molecule has 2 aromatic rings. The second kappa shape index (κ2) is 6.20. The monoisotopic (exact) mass is 316 g/mol. The highest BCUT2D eigenvalue weighted by Crippen LogP contribution is 2.23. The molecule has 2 aromatic heterocycles. The lowest BCUT2D eigenvalue weighted by atomic mass is 10.0. The van der Waals surface area contributed by atoms with Crippen LogP contribution < -0.4 is 5.32 Å². The minimum atomic E-state index is 0.0801. The van der Waals surface area contributed by atoms with Gasteiger partial charge in [-0.25, -0.2) is 0 Å². The summed E-state index contributed by atoms with van der Waals surface area (Å²) >= 11 is 0. The zero-order valence-electron chi connectivity index (χ0n) is 14.2. The smallest absolute Gasteiger partial charge is 0.255 e. The quantitative estimate of drug-likeness (QED) is 0.943. The van der Waals surface area contributed by atoms with Crippen LogP contribution in [0, 0.1) is 20.8 Å². The third-order valence-corrected chi connectivity index (χ3v) is 4.68. The Balaban J connectivity index is 1.89. The van der Waals surface area contributed by atoms with Gasteiger partial charge in [-0.1, -0.05) is 5.16 Å². The maximum absolute atomic E-state index is 12.9. The summed E-state index contributed by atoms with van der Waals surface area (Å²) < 4.78 is 7.14. The van der Waals surface area contributed by atoms with Crippen molar-refractivity contribution in [2.75, 3.05) is 20.1 Å². The first-order valence-electron chi connectivity index (χ1n) is 8.09. The van der Waals surface area contributed by atoms with Crippen molar-refractivity contribution in [1.29, 1.82) is 0 Å². The molecule has 0 saturated carbocycles. The number of carbonyl (C=O) groups is 1. The molecule has 0 spiro atoms. The zero-order valence-corrected chi connectivity index (χ0v) is 14.2. The maximum atomic E-state index is 12.9. The second-order valence-corrected chi connectivity index (χ2v) is 6.31. The number of hydrogen-bond acceptors (Lipinski definition) is 4. The first-order chi connectivity index (χ1) is 11.0. The Kier molecular flexibility index (Phi) is 4.26. The van der Waals surface area contributed by atoms with Gasteiger partial charge in [-0.2, -0.15) is 0 Å². The summed E-state index contributed by atoms with van der Waals surface area (Å²) in [5.41, 5.74) is 2.63. The topological polar surface area (TPSA) is 63.3 Å².